The van der Waals surface area contributed by atoms with Crippen LogP contribution < -0.4 is 5.56 Å². The standard InChI is InChI=1S/C25H17N3OS/c1-30-17-12-10-15(11-13-17)23-19-14-16-6-2-4-8-20(16)26-22(19)24-27-21-9-5-3-7-18(21)25(29)28(23)24/h2-14,23H,1H3. The minimum Gasteiger partial charge on any atom is -0.279 e. The van der Waals surface area contributed by atoms with E-state index in [4.69, 9.17) is 9.97 Å². The van der Waals surface area contributed by atoms with Crippen molar-refractivity contribution in [2.45, 2.75) is 10.9 Å². The Hall–Kier alpha value is -3.44. The summed E-state index contributed by atoms with van der Waals surface area (Å²) in [4.78, 5) is 24.6. The average Bonchev–Trinajstić information content (AvgIpc) is 3.11. The molecule has 144 valence electrons. The van der Waals surface area contributed by atoms with Crippen LogP contribution in [-0.2, 0) is 0 Å². The summed E-state index contributed by atoms with van der Waals surface area (Å²) in [6, 6.07) is 25.9. The van der Waals surface area contributed by atoms with Gasteiger partial charge in [-0.05, 0) is 48.2 Å². The van der Waals surface area contributed by atoms with Crippen LogP contribution in [0.2, 0.25) is 0 Å². The first-order valence-electron chi connectivity index (χ1n) is 9.80. The van der Waals surface area contributed by atoms with E-state index >= 15 is 0 Å². The van der Waals surface area contributed by atoms with Gasteiger partial charge in [-0.2, -0.15) is 0 Å². The third-order valence-corrected chi connectivity index (χ3v) is 6.50. The van der Waals surface area contributed by atoms with Crippen LogP contribution in [0, 0.1) is 0 Å². The van der Waals surface area contributed by atoms with Gasteiger partial charge in [-0.15, -0.1) is 11.8 Å². The van der Waals surface area contributed by atoms with E-state index in [9.17, 15) is 4.79 Å². The Morgan fingerprint density at radius 1 is 0.867 bits per heavy atom. The van der Waals surface area contributed by atoms with E-state index in [1.807, 2.05) is 47.0 Å². The van der Waals surface area contributed by atoms with Crippen LogP contribution in [0.25, 0.3) is 33.3 Å². The van der Waals surface area contributed by atoms with Crippen molar-refractivity contribution in [2.75, 3.05) is 6.26 Å². The average molecular weight is 407 g/mol. The number of rotatable bonds is 2. The number of hydrogen-bond donors (Lipinski definition) is 0. The molecule has 1 atom stereocenters. The Labute approximate surface area is 177 Å². The molecule has 3 aromatic carbocycles. The Bertz CT molecular complexity index is 1510. The van der Waals surface area contributed by atoms with Gasteiger partial charge in [0.2, 0.25) is 0 Å². The largest absolute Gasteiger partial charge is 0.279 e. The number of hydrogen-bond acceptors (Lipinski definition) is 4. The van der Waals surface area contributed by atoms with E-state index in [0.717, 1.165) is 27.7 Å². The molecule has 0 aliphatic carbocycles. The van der Waals surface area contributed by atoms with Crippen LogP contribution in [0.1, 0.15) is 17.2 Å². The topological polar surface area (TPSA) is 47.8 Å². The lowest BCUT2D eigenvalue weighted by Gasteiger charge is -2.17. The zero-order valence-electron chi connectivity index (χ0n) is 16.2. The maximum Gasteiger partial charge on any atom is 0.262 e. The van der Waals surface area contributed by atoms with Gasteiger partial charge >= 0.3 is 0 Å². The number of aromatic nitrogens is 3. The molecule has 5 aromatic rings. The zero-order chi connectivity index (χ0) is 20.2. The summed E-state index contributed by atoms with van der Waals surface area (Å²) in [5, 5.41) is 1.69. The molecule has 0 amide bonds. The molecule has 0 spiro atoms. The van der Waals surface area contributed by atoms with E-state index in [1.165, 1.54) is 4.90 Å². The van der Waals surface area contributed by atoms with Gasteiger partial charge < -0.3 is 0 Å². The maximum atomic E-state index is 13.6. The van der Waals surface area contributed by atoms with Crippen molar-refractivity contribution in [1.29, 1.82) is 0 Å². The SMILES string of the molecule is CSc1ccc(C2c3cc4ccccc4nc3-c3nc4ccccc4c(=O)n32)cc1. The molecule has 6 rings (SSSR count). The Morgan fingerprint density at radius 2 is 1.60 bits per heavy atom. The zero-order valence-corrected chi connectivity index (χ0v) is 17.1. The second kappa shape index (κ2) is 6.54. The second-order valence-electron chi connectivity index (χ2n) is 7.42. The molecule has 1 aliphatic heterocycles. The molecule has 0 radical (unpaired) electrons. The summed E-state index contributed by atoms with van der Waals surface area (Å²) in [5.41, 5.74) is 4.44. The van der Waals surface area contributed by atoms with Gasteiger partial charge in [-0.3, -0.25) is 9.36 Å². The molecule has 1 aliphatic rings. The summed E-state index contributed by atoms with van der Waals surface area (Å²) in [6.07, 6.45) is 2.06. The molecule has 0 fully saturated rings. The van der Waals surface area contributed by atoms with Gasteiger partial charge in [-0.25, -0.2) is 9.97 Å². The molecule has 0 saturated carbocycles. The monoisotopic (exact) mass is 407 g/mol. The van der Waals surface area contributed by atoms with Crippen LogP contribution in [0.3, 0.4) is 0 Å². The van der Waals surface area contributed by atoms with Gasteiger partial charge in [0, 0.05) is 15.8 Å². The molecule has 30 heavy (non-hydrogen) atoms. The summed E-state index contributed by atoms with van der Waals surface area (Å²) in [6.45, 7) is 0. The van der Waals surface area contributed by atoms with E-state index in [-0.39, 0.29) is 11.6 Å². The number of thioether (sulfide) groups is 1. The fourth-order valence-electron chi connectivity index (χ4n) is 4.33. The van der Waals surface area contributed by atoms with Crippen molar-refractivity contribution in [2.24, 2.45) is 0 Å². The predicted octanol–water partition coefficient (Wildman–Crippen LogP) is 5.28. The maximum absolute atomic E-state index is 13.6. The normalized spacial score (nSPS) is 14.8. The molecular formula is C25H17N3OS. The highest BCUT2D eigenvalue weighted by atomic mass is 32.2. The van der Waals surface area contributed by atoms with E-state index < -0.39 is 0 Å². The first-order valence-corrected chi connectivity index (χ1v) is 11.0. The lowest BCUT2D eigenvalue weighted by atomic mass is 9.98. The van der Waals surface area contributed by atoms with Gasteiger partial charge in [0.25, 0.3) is 5.56 Å². The highest BCUT2D eigenvalue weighted by Gasteiger charge is 2.34. The van der Waals surface area contributed by atoms with Crippen molar-refractivity contribution < 1.29 is 0 Å². The van der Waals surface area contributed by atoms with E-state index in [2.05, 4.69) is 42.7 Å². The summed E-state index contributed by atoms with van der Waals surface area (Å²) >= 11 is 1.70. The fourth-order valence-corrected chi connectivity index (χ4v) is 4.73. The molecule has 0 saturated heterocycles. The van der Waals surface area contributed by atoms with E-state index in [1.54, 1.807) is 11.8 Å². The first kappa shape index (κ1) is 17.4. The third kappa shape index (κ3) is 2.45. The predicted molar refractivity (Wildman–Crippen MR) is 122 cm³/mol. The highest BCUT2D eigenvalue weighted by molar-refractivity contribution is 7.98. The van der Waals surface area contributed by atoms with Crippen molar-refractivity contribution in [1.82, 2.24) is 14.5 Å². The second-order valence-corrected chi connectivity index (χ2v) is 8.30. The summed E-state index contributed by atoms with van der Waals surface area (Å²) < 4.78 is 1.81. The molecule has 4 nitrogen and oxygen atoms in total. The summed E-state index contributed by atoms with van der Waals surface area (Å²) in [7, 11) is 0. The fraction of sp³-hybridized carbons (Fsp3) is 0.0800. The van der Waals surface area contributed by atoms with Crippen LogP contribution in [0.15, 0.2) is 88.6 Å². The van der Waals surface area contributed by atoms with Gasteiger partial charge in [0.05, 0.1) is 22.5 Å². The highest BCUT2D eigenvalue weighted by Crippen LogP contribution is 2.41. The smallest absolute Gasteiger partial charge is 0.262 e. The van der Waals surface area contributed by atoms with Gasteiger partial charge in [0.1, 0.15) is 5.69 Å². The molecule has 1 unspecified atom stereocenters. The number of para-hydroxylation sites is 2. The van der Waals surface area contributed by atoms with Crippen molar-refractivity contribution in [3.63, 3.8) is 0 Å². The lowest BCUT2D eigenvalue weighted by Crippen LogP contribution is -2.25. The molecule has 0 bridgehead atoms. The van der Waals surface area contributed by atoms with Crippen molar-refractivity contribution >= 4 is 33.6 Å². The van der Waals surface area contributed by atoms with Gasteiger partial charge in [-0.1, -0.05) is 42.5 Å². The van der Waals surface area contributed by atoms with Crippen LogP contribution in [0.4, 0.5) is 0 Å². The lowest BCUT2D eigenvalue weighted by molar-refractivity contribution is 0.683. The van der Waals surface area contributed by atoms with Crippen LogP contribution in [0.5, 0.6) is 0 Å². The van der Waals surface area contributed by atoms with Crippen LogP contribution in [-0.4, -0.2) is 20.8 Å². The Morgan fingerprint density at radius 3 is 2.40 bits per heavy atom. The van der Waals surface area contributed by atoms with Crippen LogP contribution >= 0.6 is 11.8 Å². The van der Waals surface area contributed by atoms with E-state index in [0.29, 0.717) is 16.7 Å². The molecule has 3 heterocycles. The molecular weight excluding hydrogens is 390 g/mol. The Balaban J connectivity index is 1.72. The first-order chi connectivity index (χ1) is 14.7. The number of pyridine rings is 1. The molecule has 2 aromatic heterocycles. The quantitative estimate of drug-likeness (QED) is 0.366. The number of benzene rings is 3. The Kier molecular flexibility index (Phi) is 3.80. The molecule has 5 heteroatoms. The molecule has 0 N–H and O–H groups in total. The number of nitrogens with zero attached hydrogens (tertiary/aromatic N) is 3. The van der Waals surface area contributed by atoms with Crippen molar-refractivity contribution in [3.8, 4) is 11.5 Å². The number of fused-ring (bicyclic) bond motifs is 5. The summed E-state index contributed by atoms with van der Waals surface area (Å²) in [5.74, 6) is 0.637. The van der Waals surface area contributed by atoms with Gasteiger partial charge in [0.15, 0.2) is 5.82 Å². The third-order valence-electron chi connectivity index (χ3n) is 5.76. The minimum absolute atomic E-state index is 0.0309. The van der Waals surface area contributed by atoms with Crippen molar-refractivity contribution in [3.05, 3.63) is 100 Å². The minimum atomic E-state index is -0.243.